The number of carbonyl (C=O) groups excluding carboxylic acids is 1. The van der Waals surface area contributed by atoms with E-state index in [1.807, 2.05) is 49.2 Å². The summed E-state index contributed by atoms with van der Waals surface area (Å²) in [5, 5.41) is 2.94. The average molecular weight is 326 g/mol. The van der Waals surface area contributed by atoms with Crippen LogP contribution in [0.25, 0.3) is 0 Å². The van der Waals surface area contributed by atoms with Crippen LogP contribution in [0.3, 0.4) is 0 Å². The fourth-order valence-electron chi connectivity index (χ4n) is 2.58. The smallest absolute Gasteiger partial charge is 0.241 e. The maximum absolute atomic E-state index is 12.5. The van der Waals surface area contributed by atoms with E-state index in [4.69, 9.17) is 9.47 Å². The summed E-state index contributed by atoms with van der Waals surface area (Å²) < 4.78 is 11.0. The number of rotatable bonds is 5. The molecule has 2 aromatic carbocycles. The first-order valence-electron chi connectivity index (χ1n) is 8.08. The molecule has 1 atom stereocenters. The van der Waals surface area contributed by atoms with E-state index in [2.05, 4.69) is 17.4 Å². The van der Waals surface area contributed by atoms with Gasteiger partial charge < -0.3 is 14.8 Å². The van der Waals surface area contributed by atoms with Crippen molar-refractivity contribution < 1.29 is 14.3 Å². The molecule has 2 aromatic rings. The molecule has 5 heteroatoms. The lowest BCUT2D eigenvalue weighted by Gasteiger charge is -2.24. The van der Waals surface area contributed by atoms with E-state index in [9.17, 15) is 4.79 Å². The van der Waals surface area contributed by atoms with Crippen LogP contribution in [0, 0.1) is 0 Å². The highest BCUT2D eigenvalue weighted by molar-refractivity contribution is 5.94. The molecule has 1 unspecified atom stereocenters. The highest BCUT2D eigenvalue weighted by Gasteiger charge is 2.19. The van der Waals surface area contributed by atoms with E-state index in [1.165, 1.54) is 5.56 Å². The molecule has 0 aromatic heterocycles. The van der Waals surface area contributed by atoms with Gasteiger partial charge in [-0.05, 0) is 31.7 Å². The van der Waals surface area contributed by atoms with Crippen LogP contribution in [0.2, 0.25) is 0 Å². The van der Waals surface area contributed by atoms with Crippen molar-refractivity contribution in [2.75, 3.05) is 25.6 Å². The third-order valence-corrected chi connectivity index (χ3v) is 4.13. The topological polar surface area (TPSA) is 50.8 Å². The van der Waals surface area contributed by atoms with Crippen molar-refractivity contribution in [3.8, 4) is 11.5 Å². The second-order valence-corrected chi connectivity index (χ2v) is 5.92. The van der Waals surface area contributed by atoms with Crippen LogP contribution in [0.15, 0.2) is 48.5 Å². The second-order valence-electron chi connectivity index (χ2n) is 5.92. The van der Waals surface area contributed by atoms with Gasteiger partial charge in [-0.2, -0.15) is 0 Å². The third kappa shape index (κ3) is 3.86. The van der Waals surface area contributed by atoms with Gasteiger partial charge in [0.25, 0.3) is 0 Å². The molecule has 1 amide bonds. The molecular weight excluding hydrogens is 304 g/mol. The summed E-state index contributed by atoms with van der Waals surface area (Å²) in [6, 6.07) is 15.3. The van der Waals surface area contributed by atoms with Crippen molar-refractivity contribution in [1.82, 2.24) is 4.90 Å². The van der Waals surface area contributed by atoms with E-state index in [0.717, 1.165) is 6.54 Å². The molecule has 1 aliphatic heterocycles. The van der Waals surface area contributed by atoms with Crippen LogP contribution in [-0.2, 0) is 11.3 Å². The Hall–Kier alpha value is -2.53. The Labute approximate surface area is 142 Å². The highest BCUT2D eigenvalue weighted by Crippen LogP contribution is 2.32. The lowest BCUT2D eigenvalue weighted by atomic mass is 10.2. The fraction of sp³-hybridized carbons (Fsp3) is 0.316. The number of fused-ring (bicyclic) bond motifs is 1. The van der Waals surface area contributed by atoms with Gasteiger partial charge in [-0.3, -0.25) is 9.69 Å². The molecule has 0 radical (unpaired) electrons. The molecule has 1 heterocycles. The number of nitrogens with zero attached hydrogens (tertiary/aromatic N) is 1. The molecular formula is C19H22N2O3. The Morgan fingerprint density at radius 3 is 2.58 bits per heavy atom. The normalized spacial score (nSPS) is 14.3. The highest BCUT2D eigenvalue weighted by atomic mass is 16.6. The van der Waals surface area contributed by atoms with E-state index >= 15 is 0 Å². The lowest BCUT2D eigenvalue weighted by molar-refractivity contribution is -0.120. The SMILES string of the molecule is CC(C(=O)Nc1ccc2c(c1)OCCO2)N(C)Cc1ccccc1. The van der Waals surface area contributed by atoms with Crippen LogP contribution >= 0.6 is 0 Å². The standard InChI is InChI=1S/C19H22N2O3/c1-14(21(2)13-15-6-4-3-5-7-15)19(22)20-16-8-9-17-18(12-16)24-11-10-23-17/h3-9,12,14H,10-11,13H2,1-2H3,(H,20,22). The molecule has 0 spiro atoms. The van der Waals surface area contributed by atoms with Crippen LogP contribution < -0.4 is 14.8 Å². The second kappa shape index (κ2) is 7.36. The predicted octanol–water partition coefficient (Wildman–Crippen LogP) is 2.92. The van der Waals surface area contributed by atoms with Crippen molar-refractivity contribution in [3.63, 3.8) is 0 Å². The van der Waals surface area contributed by atoms with Crippen molar-refractivity contribution in [2.45, 2.75) is 19.5 Å². The van der Waals surface area contributed by atoms with E-state index < -0.39 is 0 Å². The van der Waals surface area contributed by atoms with Gasteiger partial charge in [-0.15, -0.1) is 0 Å². The molecule has 0 saturated carbocycles. The minimum absolute atomic E-state index is 0.0508. The first kappa shape index (κ1) is 16.3. The van der Waals surface area contributed by atoms with Gasteiger partial charge in [-0.1, -0.05) is 30.3 Å². The van der Waals surface area contributed by atoms with E-state index in [1.54, 1.807) is 6.07 Å². The number of hydrogen-bond donors (Lipinski definition) is 1. The zero-order chi connectivity index (χ0) is 16.9. The number of likely N-dealkylation sites (N-methyl/N-ethyl adjacent to an activating group) is 1. The summed E-state index contributed by atoms with van der Waals surface area (Å²) in [4.78, 5) is 14.5. The van der Waals surface area contributed by atoms with Crippen molar-refractivity contribution in [2.24, 2.45) is 0 Å². The van der Waals surface area contributed by atoms with Crippen LogP contribution in [-0.4, -0.2) is 37.1 Å². The number of ether oxygens (including phenoxy) is 2. The lowest BCUT2D eigenvalue weighted by Crippen LogP contribution is -2.39. The van der Waals surface area contributed by atoms with Crippen LogP contribution in [0.4, 0.5) is 5.69 Å². The van der Waals surface area contributed by atoms with Crippen molar-refractivity contribution in [1.29, 1.82) is 0 Å². The van der Waals surface area contributed by atoms with Gasteiger partial charge in [0.05, 0.1) is 6.04 Å². The van der Waals surface area contributed by atoms with Crippen molar-refractivity contribution in [3.05, 3.63) is 54.1 Å². The molecule has 24 heavy (non-hydrogen) atoms. The molecule has 126 valence electrons. The Balaban J connectivity index is 1.61. The molecule has 0 aliphatic carbocycles. The summed E-state index contributed by atoms with van der Waals surface area (Å²) in [6.45, 7) is 3.70. The first-order chi connectivity index (χ1) is 11.6. The fourth-order valence-corrected chi connectivity index (χ4v) is 2.58. The molecule has 0 bridgehead atoms. The molecule has 5 nitrogen and oxygen atoms in total. The van der Waals surface area contributed by atoms with Crippen LogP contribution in [0.5, 0.6) is 11.5 Å². The van der Waals surface area contributed by atoms with Gasteiger partial charge in [0.1, 0.15) is 13.2 Å². The summed E-state index contributed by atoms with van der Waals surface area (Å²) in [5.74, 6) is 1.34. The molecule has 3 rings (SSSR count). The summed E-state index contributed by atoms with van der Waals surface area (Å²) in [6.07, 6.45) is 0. The Morgan fingerprint density at radius 1 is 1.12 bits per heavy atom. The number of anilines is 1. The number of benzene rings is 2. The monoisotopic (exact) mass is 326 g/mol. The average Bonchev–Trinajstić information content (AvgIpc) is 2.61. The summed E-state index contributed by atoms with van der Waals surface area (Å²) in [7, 11) is 1.95. The number of amides is 1. The molecule has 0 fully saturated rings. The summed E-state index contributed by atoms with van der Waals surface area (Å²) in [5.41, 5.74) is 1.89. The van der Waals surface area contributed by atoms with Gasteiger partial charge in [0.15, 0.2) is 11.5 Å². The van der Waals surface area contributed by atoms with Crippen molar-refractivity contribution >= 4 is 11.6 Å². The molecule has 1 N–H and O–H groups in total. The number of nitrogens with one attached hydrogen (secondary N) is 1. The van der Waals surface area contributed by atoms with E-state index in [0.29, 0.717) is 30.4 Å². The largest absolute Gasteiger partial charge is 0.486 e. The number of carbonyl (C=O) groups is 1. The third-order valence-electron chi connectivity index (χ3n) is 4.13. The van der Waals surface area contributed by atoms with Gasteiger partial charge in [-0.25, -0.2) is 0 Å². The van der Waals surface area contributed by atoms with E-state index in [-0.39, 0.29) is 11.9 Å². The molecule has 1 aliphatic rings. The Morgan fingerprint density at radius 2 is 1.83 bits per heavy atom. The zero-order valence-electron chi connectivity index (χ0n) is 14.0. The maximum Gasteiger partial charge on any atom is 0.241 e. The Kier molecular flexibility index (Phi) is 5.01. The predicted molar refractivity (Wildman–Crippen MR) is 93.4 cm³/mol. The van der Waals surface area contributed by atoms with Gasteiger partial charge in [0.2, 0.25) is 5.91 Å². The van der Waals surface area contributed by atoms with Crippen LogP contribution in [0.1, 0.15) is 12.5 Å². The number of hydrogen-bond acceptors (Lipinski definition) is 4. The maximum atomic E-state index is 12.5. The van der Waals surface area contributed by atoms with Gasteiger partial charge in [0, 0.05) is 18.3 Å². The zero-order valence-corrected chi connectivity index (χ0v) is 14.0. The van der Waals surface area contributed by atoms with Gasteiger partial charge >= 0.3 is 0 Å². The molecule has 0 saturated heterocycles. The minimum atomic E-state index is -0.251. The Bertz CT molecular complexity index is 703. The summed E-state index contributed by atoms with van der Waals surface area (Å²) >= 11 is 0. The quantitative estimate of drug-likeness (QED) is 0.918. The first-order valence-corrected chi connectivity index (χ1v) is 8.08. The minimum Gasteiger partial charge on any atom is -0.486 e.